The van der Waals surface area contributed by atoms with Gasteiger partial charge in [0.2, 0.25) is 5.91 Å². The van der Waals surface area contributed by atoms with Gasteiger partial charge in [0.25, 0.3) is 0 Å². The molecule has 0 spiro atoms. The van der Waals surface area contributed by atoms with Gasteiger partial charge in [0, 0.05) is 12.4 Å². The molecular formula is C11H19NO4S. The molecule has 1 amide bonds. The third-order valence-electron chi connectivity index (χ3n) is 2.61. The zero-order valence-corrected chi connectivity index (χ0v) is 11.2. The van der Waals surface area contributed by atoms with Crippen molar-refractivity contribution in [3.8, 4) is 0 Å². The molecule has 0 aromatic carbocycles. The Morgan fingerprint density at radius 1 is 1.53 bits per heavy atom. The summed E-state index contributed by atoms with van der Waals surface area (Å²) in [5, 5.41) is 9.04. The molecule has 0 saturated carbocycles. The number of aliphatic carboxylic acids is 1. The SMILES string of the molecule is CCOCC(=O)N1C(C(=O)O)CSC1C(C)C. The molecule has 2 unspecified atom stereocenters. The molecule has 1 aliphatic heterocycles. The topological polar surface area (TPSA) is 66.8 Å². The van der Waals surface area contributed by atoms with E-state index >= 15 is 0 Å². The summed E-state index contributed by atoms with van der Waals surface area (Å²) in [5.74, 6) is -0.487. The second-order valence-corrected chi connectivity index (χ2v) is 5.41. The van der Waals surface area contributed by atoms with Gasteiger partial charge in [-0.1, -0.05) is 13.8 Å². The summed E-state index contributed by atoms with van der Waals surface area (Å²) in [4.78, 5) is 24.5. The molecule has 0 bridgehead atoms. The second kappa shape index (κ2) is 6.26. The van der Waals surface area contributed by atoms with Crippen molar-refractivity contribution >= 4 is 23.6 Å². The minimum Gasteiger partial charge on any atom is -0.480 e. The van der Waals surface area contributed by atoms with Gasteiger partial charge in [-0.25, -0.2) is 4.79 Å². The number of nitrogens with zero attached hydrogens (tertiary/aromatic N) is 1. The van der Waals surface area contributed by atoms with Crippen LogP contribution in [0.15, 0.2) is 0 Å². The highest BCUT2D eigenvalue weighted by Crippen LogP contribution is 2.34. The van der Waals surface area contributed by atoms with Crippen molar-refractivity contribution in [3.05, 3.63) is 0 Å². The fourth-order valence-corrected chi connectivity index (χ4v) is 3.30. The third kappa shape index (κ3) is 3.35. The van der Waals surface area contributed by atoms with Crippen LogP contribution in [0.3, 0.4) is 0 Å². The first-order valence-electron chi connectivity index (χ1n) is 5.72. The first-order chi connectivity index (χ1) is 7.99. The van der Waals surface area contributed by atoms with E-state index in [1.54, 1.807) is 6.92 Å². The Hall–Kier alpha value is -0.750. The zero-order chi connectivity index (χ0) is 13.0. The van der Waals surface area contributed by atoms with Crippen molar-refractivity contribution in [2.24, 2.45) is 5.92 Å². The summed E-state index contributed by atoms with van der Waals surface area (Å²) in [7, 11) is 0. The van der Waals surface area contributed by atoms with Gasteiger partial charge in [-0.15, -0.1) is 11.8 Å². The molecule has 98 valence electrons. The molecule has 6 heteroatoms. The summed E-state index contributed by atoms with van der Waals surface area (Å²) in [6.45, 7) is 6.20. The predicted molar refractivity (Wildman–Crippen MR) is 65.8 cm³/mol. The third-order valence-corrected chi connectivity index (χ3v) is 4.23. The smallest absolute Gasteiger partial charge is 0.327 e. The van der Waals surface area contributed by atoms with Gasteiger partial charge in [0.15, 0.2) is 0 Å². The van der Waals surface area contributed by atoms with Crippen LogP contribution < -0.4 is 0 Å². The van der Waals surface area contributed by atoms with Crippen molar-refractivity contribution in [2.75, 3.05) is 19.0 Å². The standard InChI is InChI=1S/C11H19NO4S/c1-4-16-5-9(13)12-8(11(14)15)6-17-10(12)7(2)3/h7-8,10H,4-6H2,1-3H3,(H,14,15). The van der Waals surface area contributed by atoms with Gasteiger partial charge >= 0.3 is 5.97 Å². The number of carbonyl (C=O) groups excluding carboxylic acids is 1. The van der Waals surface area contributed by atoms with Crippen LogP contribution in [-0.2, 0) is 14.3 Å². The molecule has 1 aliphatic rings. The minimum absolute atomic E-state index is 0.0376. The van der Waals surface area contributed by atoms with Crippen LogP contribution in [0.25, 0.3) is 0 Å². The summed E-state index contributed by atoms with van der Waals surface area (Å²) in [5.41, 5.74) is 0. The number of amides is 1. The van der Waals surface area contributed by atoms with Crippen molar-refractivity contribution in [1.29, 1.82) is 0 Å². The molecule has 1 heterocycles. The van der Waals surface area contributed by atoms with E-state index in [2.05, 4.69) is 0 Å². The fourth-order valence-electron chi connectivity index (χ4n) is 1.81. The van der Waals surface area contributed by atoms with Crippen molar-refractivity contribution in [2.45, 2.75) is 32.2 Å². The zero-order valence-electron chi connectivity index (χ0n) is 10.4. The van der Waals surface area contributed by atoms with Crippen LogP contribution >= 0.6 is 11.8 Å². The van der Waals surface area contributed by atoms with Crippen LogP contribution in [-0.4, -0.2) is 52.3 Å². The lowest BCUT2D eigenvalue weighted by Gasteiger charge is -2.29. The first-order valence-corrected chi connectivity index (χ1v) is 6.77. The number of hydrogen-bond acceptors (Lipinski definition) is 4. The highest BCUT2D eigenvalue weighted by Gasteiger charge is 2.42. The van der Waals surface area contributed by atoms with Crippen LogP contribution in [0.4, 0.5) is 0 Å². The van der Waals surface area contributed by atoms with Gasteiger partial charge in [-0.3, -0.25) is 4.79 Å². The lowest BCUT2D eigenvalue weighted by molar-refractivity contribution is -0.151. The lowest BCUT2D eigenvalue weighted by atomic mass is 10.1. The number of carboxylic acids is 1. The molecule has 1 fully saturated rings. The minimum atomic E-state index is -0.939. The van der Waals surface area contributed by atoms with Gasteiger partial charge in [0.1, 0.15) is 12.6 Å². The first kappa shape index (κ1) is 14.3. The Balaban J connectivity index is 2.78. The van der Waals surface area contributed by atoms with Crippen molar-refractivity contribution in [3.63, 3.8) is 0 Å². The molecule has 1 N–H and O–H groups in total. The molecule has 0 radical (unpaired) electrons. The molecule has 1 saturated heterocycles. The van der Waals surface area contributed by atoms with E-state index in [0.717, 1.165) is 0 Å². The molecule has 0 aliphatic carbocycles. The maximum atomic E-state index is 12.0. The molecular weight excluding hydrogens is 242 g/mol. The fraction of sp³-hybridized carbons (Fsp3) is 0.818. The number of rotatable bonds is 5. The summed E-state index contributed by atoms with van der Waals surface area (Å²) in [6, 6.07) is -0.722. The van der Waals surface area contributed by atoms with Gasteiger partial charge < -0.3 is 14.7 Å². The van der Waals surface area contributed by atoms with Crippen molar-refractivity contribution in [1.82, 2.24) is 4.90 Å². The molecule has 5 nitrogen and oxygen atoms in total. The van der Waals surface area contributed by atoms with E-state index in [1.807, 2.05) is 13.8 Å². The summed E-state index contributed by atoms with van der Waals surface area (Å²) < 4.78 is 5.07. The Bertz CT molecular complexity index is 295. The van der Waals surface area contributed by atoms with E-state index in [0.29, 0.717) is 12.4 Å². The van der Waals surface area contributed by atoms with Crippen LogP contribution in [0.2, 0.25) is 0 Å². The summed E-state index contributed by atoms with van der Waals surface area (Å²) >= 11 is 1.53. The molecule has 2 atom stereocenters. The predicted octanol–water partition coefficient (Wildman–Crippen LogP) is 1.03. The number of hydrogen-bond donors (Lipinski definition) is 1. The molecule has 17 heavy (non-hydrogen) atoms. The van der Waals surface area contributed by atoms with Crippen LogP contribution in [0.5, 0.6) is 0 Å². The number of thioether (sulfide) groups is 1. The largest absolute Gasteiger partial charge is 0.480 e. The Labute approximate surface area is 105 Å². The average Bonchev–Trinajstić information content (AvgIpc) is 2.70. The molecule has 0 aromatic rings. The maximum Gasteiger partial charge on any atom is 0.327 e. The van der Waals surface area contributed by atoms with E-state index in [4.69, 9.17) is 9.84 Å². The van der Waals surface area contributed by atoms with E-state index in [9.17, 15) is 9.59 Å². The monoisotopic (exact) mass is 261 g/mol. The highest BCUT2D eigenvalue weighted by molar-refractivity contribution is 8.00. The van der Waals surface area contributed by atoms with Gasteiger partial charge in [-0.05, 0) is 12.8 Å². The number of ether oxygens (including phenoxy) is 1. The normalized spacial score (nSPS) is 24.4. The average molecular weight is 261 g/mol. The number of carbonyl (C=O) groups is 2. The maximum absolute atomic E-state index is 12.0. The quantitative estimate of drug-likeness (QED) is 0.800. The van der Waals surface area contributed by atoms with Gasteiger partial charge in [0.05, 0.1) is 5.37 Å². The Morgan fingerprint density at radius 3 is 2.65 bits per heavy atom. The van der Waals surface area contributed by atoms with Crippen molar-refractivity contribution < 1.29 is 19.4 Å². The van der Waals surface area contributed by atoms with Crippen LogP contribution in [0, 0.1) is 5.92 Å². The van der Waals surface area contributed by atoms with E-state index in [-0.39, 0.29) is 23.8 Å². The Morgan fingerprint density at radius 2 is 2.18 bits per heavy atom. The Kier molecular flexibility index (Phi) is 5.27. The van der Waals surface area contributed by atoms with Gasteiger partial charge in [-0.2, -0.15) is 0 Å². The summed E-state index contributed by atoms with van der Waals surface area (Å²) in [6.07, 6.45) is 0. The molecule has 1 rings (SSSR count). The van der Waals surface area contributed by atoms with E-state index in [1.165, 1.54) is 16.7 Å². The lowest BCUT2D eigenvalue weighted by Crippen LogP contribution is -2.48. The number of carboxylic acid groups (broad SMARTS) is 1. The second-order valence-electron chi connectivity index (χ2n) is 4.26. The van der Waals surface area contributed by atoms with E-state index < -0.39 is 12.0 Å². The van der Waals surface area contributed by atoms with Crippen LogP contribution in [0.1, 0.15) is 20.8 Å². The highest BCUT2D eigenvalue weighted by atomic mass is 32.2. The molecule has 0 aromatic heterocycles.